The molecule has 96 valence electrons. The quantitative estimate of drug-likeness (QED) is 0.471. The normalized spacial score (nSPS) is 10.3. The van der Waals surface area contributed by atoms with Gasteiger partial charge in [0.2, 0.25) is 0 Å². The molecule has 0 spiro atoms. The summed E-state index contributed by atoms with van der Waals surface area (Å²) >= 11 is 1.67. The third-order valence-electron chi connectivity index (χ3n) is 2.84. The number of hydrogen-bond donors (Lipinski definition) is 0. The minimum atomic E-state index is 0.580. The maximum atomic E-state index is 10.9. The van der Waals surface area contributed by atoms with E-state index in [0.29, 0.717) is 11.1 Å². The predicted molar refractivity (Wildman–Crippen MR) is 77.5 cm³/mol. The van der Waals surface area contributed by atoms with Gasteiger partial charge in [0.1, 0.15) is 12.4 Å². The van der Waals surface area contributed by atoms with E-state index in [0.717, 1.165) is 40.7 Å². The Morgan fingerprint density at radius 3 is 3.00 bits per heavy atom. The highest BCUT2D eigenvalue weighted by atomic mass is 32.2. The zero-order valence-electron chi connectivity index (χ0n) is 10.7. The number of nitrogens with zero attached hydrogens (tertiary/aromatic N) is 2. The van der Waals surface area contributed by atoms with Crippen LogP contribution in [-0.2, 0) is 0 Å². The van der Waals surface area contributed by atoms with Crippen LogP contribution in [0.5, 0.6) is 0 Å². The fourth-order valence-electron chi connectivity index (χ4n) is 1.81. The lowest BCUT2D eigenvalue weighted by atomic mass is 10.1. The molecule has 4 heteroatoms. The molecule has 0 amide bonds. The Morgan fingerprint density at radius 1 is 1.47 bits per heavy atom. The Bertz CT molecular complexity index is 646. The number of benzene rings is 1. The molecule has 0 aliphatic carbocycles. The maximum absolute atomic E-state index is 10.9. The second-order valence-corrected chi connectivity index (χ2v) is 5.31. The number of pyridine rings is 1. The van der Waals surface area contributed by atoms with Crippen molar-refractivity contribution in [3.8, 4) is 6.07 Å². The predicted octanol–water partition coefficient (Wildman–Crippen LogP) is 3.81. The lowest BCUT2D eigenvalue weighted by Gasteiger charge is -2.08. The second kappa shape index (κ2) is 6.35. The molecule has 0 aliphatic heterocycles. The molecule has 0 unspecified atom stereocenters. The number of thioether (sulfide) groups is 1. The van der Waals surface area contributed by atoms with Crippen LogP contribution in [0, 0.1) is 11.3 Å². The van der Waals surface area contributed by atoms with E-state index in [2.05, 4.69) is 18.0 Å². The summed E-state index contributed by atoms with van der Waals surface area (Å²) in [5, 5.41) is 10.1. The summed E-state index contributed by atoms with van der Waals surface area (Å²) in [4.78, 5) is 16.1. The van der Waals surface area contributed by atoms with Gasteiger partial charge in [0, 0.05) is 22.0 Å². The molecule has 0 radical (unpaired) electrons. The van der Waals surface area contributed by atoms with Crippen molar-refractivity contribution in [2.75, 3.05) is 5.75 Å². The van der Waals surface area contributed by atoms with Crippen LogP contribution in [0.15, 0.2) is 29.3 Å². The van der Waals surface area contributed by atoms with Crippen molar-refractivity contribution in [1.82, 2.24) is 4.98 Å². The fraction of sp³-hybridized carbons (Fsp3) is 0.267. The highest BCUT2D eigenvalue weighted by Crippen LogP contribution is 2.31. The average Bonchev–Trinajstić information content (AvgIpc) is 2.47. The van der Waals surface area contributed by atoms with Crippen LogP contribution < -0.4 is 0 Å². The van der Waals surface area contributed by atoms with Gasteiger partial charge in [0.05, 0.1) is 11.1 Å². The summed E-state index contributed by atoms with van der Waals surface area (Å²) in [6, 6.07) is 7.56. The molecule has 2 rings (SSSR count). The van der Waals surface area contributed by atoms with Gasteiger partial charge < -0.3 is 0 Å². The standard InChI is InChI=1S/C15H14N2OS/c1-2-3-6-19-15-12(8-16)9-17-14-5-4-11(10-18)7-13(14)15/h4-5,7,9-10H,2-3,6H2,1H3. The topological polar surface area (TPSA) is 53.8 Å². The Kier molecular flexibility index (Phi) is 4.53. The molecule has 19 heavy (non-hydrogen) atoms. The Hall–Kier alpha value is -1.86. The molecular weight excluding hydrogens is 256 g/mol. The minimum Gasteiger partial charge on any atom is -0.298 e. The highest BCUT2D eigenvalue weighted by molar-refractivity contribution is 7.99. The van der Waals surface area contributed by atoms with Crippen molar-refractivity contribution in [2.45, 2.75) is 24.7 Å². The van der Waals surface area contributed by atoms with Crippen molar-refractivity contribution in [3.05, 3.63) is 35.5 Å². The van der Waals surface area contributed by atoms with E-state index in [1.54, 1.807) is 24.0 Å². The van der Waals surface area contributed by atoms with Gasteiger partial charge in [-0.15, -0.1) is 11.8 Å². The van der Waals surface area contributed by atoms with Gasteiger partial charge >= 0.3 is 0 Å². The number of nitriles is 1. The third-order valence-corrected chi connectivity index (χ3v) is 4.06. The van der Waals surface area contributed by atoms with Crippen LogP contribution in [-0.4, -0.2) is 17.0 Å². The summed E-state index contributed by atoms with van der Waals surface area (Å²) < 4.78 is 0. The van der Waals surface area contributed by atoms with Gasteiger partial charge in [-0.25, -0.2) is 0 Å². The van der Waals surface area contributed by atoms with Crippen LogP contribution in [0.2, 0.25) is 0 Å². The van der Waals surface area contributed by atoms with Crippen molar-refractivity contribution in [3.63, 3.8) is 0 Å². The summed E-state index contributed by atoms with van der Waals surface area (Å²) in [6.07, 6.45) is 4.65. The minimum absolute atomic E-state index is 0.580. The molecular formula is C15H14N2OS. The molecule has 1 aromatic carbocycles. The molecule has 0 bridgehead atoms. The molecule has 0 saturated carbocycles. The van der Waals surface area contributed by atoms with Gasteiger partial charge in [-0.2, -0.15) is 5.26 Å². The highest BCUT2D eigenvalue weighted by Gasteiger charge is 2.10. The number of carbonyl (C=O) groups excluding carboxylic acids is 1. The van der Waals surface area contributed by atoms with E-state index in [4.69, 9.17) is 0 Å². The summed E-state index contributed by atoms with van der Waals surface area (Å²) in [5.41, 5.74) is 2.02. The number of fused-ring (bicyclic) bond motifs is 1. The largest absolute Gasteiger partial charge is 0.298 e. The van der Waals surface area contributed by atoms with Crippen LogP contribution in [0.4, 0.5) is 0 Å². The molecule has 1 heterocycles. The lowest BCUT2D eigenvalue weighted by Crippen LogP contribution is -1.91. The molecule has 0 fully saturated rings. The lowest BCUT2D eigenvalue weighted by molar-refractivity contribution is 0.112. The first-order valence-corrected chi connectivity index (χ1v) is 7.19. The molecule has 1 aromatic heterocycles. The van der Waals surface area contributed by atoms with E-state index in [1.807, 2.05) is 12.1 Å². The average molecular weight is 270 g/mol. The first-order chi connectivity index (χ1) is 9.30. The zero-order chi connectivity index (χ0) is 13.7. The van der Waals surface area contributed by atoms with E-state index in [-0.39, 0.29) is 0 Å². The van der Waals surface area contributed by atoms with Gasteiger partial charge in [0.15, 0.2) is 0 Å². The third kappa shape index (κ3) is 2.94. The van der Waals surface area contributed by atoms with Crippen molar-refractivity contribution in [1.29, 1.82) is 5.26 Å². The Morgan fingerprint density at radius 2 is 2.32 bits per heavy atom. The summed E-state index contributed by atoms with van der Waals surface area (Å²) in [5.74, 6) is 0.968. The van der Waals surface area contributed by atoms with Crippen LogP contribution in [0.1, 0.15) is 35.7 Å². The molecule has 2 aromatic rings. The smallest absolute Gasteiger partial charge is 0.150 e. The van der Waals surface area contributed by atoms with Gasteiger partial charge in [0.25, 0.3) is 0 Å². The Labute approximate surface area is 116 Å². The maximum Gasteiger partial charge on any atom is 0.150 e. The molecule has 0 N–H and O–H groups in total. The van der Waals surface area contributed by atoms with Crippen LogP contribution >= 0.6 is 11.8 Å². The molecule has 0 atom stereocenters. The summed E-state index contributed by atoms with van der Waals surface area (Å²) in [6.45, 7) is 2.14. The fourth-order valence-corrected chi connectivity index (χ4v) is 3.02. The van der Waals surface area contributed by atoms with Crippen LogP contribution in [0.3, 0.4) is 0 Å². The van der Waals surface area contributed by atoms with Crippen molar-refractivity contribution in [2.24, 2.45) is 0 Å². The SMILES string of the molecule is CCCCSc1c(C#N)cnc2ccc(C=O)cc12. The monoisotopic (exact) mass is 270 g/mol. The number of aromatic nitrogens is 1. The van der Waals surface area contributed by atoms with Crippen molar-refractivity contribution >= 4 is 29.0 Å². The summed E-state index contributed by atoms with van der Waals surface area (Å²) in [7, 11) is 0. The van der Waals surface area contributed by atoms with Gasteiger partial charge in [-0.3, -0.25) is 9.78 Å². The van der Waals surface area contributed by atoms with Crippen molar-refractivity contribution < 1.29 is 4.79 Å². The molecule has 3 nitrogen and oxygen atoms in total. The van der Waals surface area contributed by atoms with Gasteiger partial charge in [-0.05, 0) is 30.4 Å². The first kappa shape index (κ1) is 13.6. The molecule has 0 aliphatic rings. The van der Waals surface area contributed by atoms with E-state index in [9.17, 15) is 10.1 Å². The van der Waals surface area contributed by atoms with E-state index >= 15 is 0 Å². The number of carbonyl (C=O) groups is 1. The van der Waals surface area contributed by atoms with Crippen LogP contribution in [0.25, 0.3) is 10.9 Å². The number of rotatable bonds is 5. The van der Waals surface area contributed by atoms with E-state index < -0.39 is 0 Å². The number of aldehydes is 1. The first-order valence-electron chi connectivity index (χ1n) is 6.21. The number of hydrogen-bond acceptors (Lipinski definition) is 4. The molecule has 0 saturated heterocycles. The second-order valence-electron chi connectivity index (χ2n) is 4.21. The number of unbranched alkanes of at least 4 members (excludes halogenated alkanes) is 1. The van der Waals surface area contributed by atoms with Gasteiger partial charge in [-0.1, -0.05) is 13.3 Å². The zero-order valence-corrected chi connectivity index (χ0v) is 11.5. The van der Waals surface area contributed by atoms with E-state index in [1.165, 1.54) is 0 Å². The Balaban J connectivity index is 2.54.